The van der Waals surface area contributed by atoms with Crippen LogP contribution < -0.4 is 5.32 Å². The van der Waals surface area contributed by atoms with Gasteiger partial charge < -0.3 is 15.1 Å². The molecule has 1 aliphatic heterocycles. The van der Waals surface area contributed by atoms with Crippen LogP contribution in [0.25, 0.3) is 22.5 Å². The zero-order valence-electron chi connectivity index (χ0n) is 22.0. The average molecular weight is 487 g/mol. The van der Waals surface area contributed by atoms with Crippen LogP contribution in [0.3, 0.4) is 0 Å². The molecule has 1 N–H and O–H groups in total. The van der Waals surface area contributed by atoms with Crippen molar-refractivity contribution in [3.63, 3.8) is 0 Å². The molecule has 0 aliphatic carbocycles. The minimum atomic E-state index is 0.259. The second-order valence-electron chi connectivity index (χ2n) is 9.01. The molecule has 0 radical (unpaired) electrons. The largest absolute Gasteiger partial charge is 0.383 e. The topological polar surface area (TPSA) is 73.7 Å². The number of hydrogen-bond donors (Lipinski definition) is 1. The Bertz CT molecular complexity index is 1150. The molecule has 1 aliphatic rings. The summed E-state index contributed by atoms with van der Waals surface area (Å²) in [5.41, 5.74) is 4.92. The van der Waals surface area contributed by atoms with E-state index in [9.17, 15) is 4.79 Å². The zero-order valence-corrected chi connectivity index (χ0v) is 22.0. The van der Waals surface area contributed by atoms with Gasteiger partial charge in [0.15, 0.2) is 5.82 Å². The van der Waals surface area contributed by atoms with Gasteiger partial charge >= 0.3 is 0 Å². The highest BCUT2D eigenvalue weighted by molar-refractivity contribution is 6.11. The van der Waals surface area contributed by atoms with E-state index in [4.69, 9.17) is 9.97 Å². The molecule has 2 heterocycles. The molecule has 3 rings (SSSR count). The maximum absolute atomic E-state index is 11.9. The summed E-state index contributed by atoms with van der Waals surface area (Å²) in [5, 5.41) is 3.51. The second kappa shape index (κ2) is 13.4. The fourth-order valence-electron chi connectivity index (χ4n) is 4.24. The smallest absolute Gasteiger partial charge is 0.222 e. The van der Waals surface area contributed by atoms with E-state index in [1.54, 1.807) is 7.05 Å². The summed E-state index contributed by atoms with van der Waals surface area (Å²) in [6, 6.07) is 8.19. The highest BCUT2D eigenvalue weighted by Gasteiger charge is 2.19. The van der Waals surface area contributed by atoms with Crippen LogP contribution in [0.4, 0.5) is 5.82 Å². The number of aromatic nitrogens is 2. The molecule has 190 valence electrons. The van der Waals surface area contributed by atoms with Crippen molar-refractivity contribution in [2.24, 2.45) is 4.99 Å². The Morgan fingerprint density at radius 3 is 2.81 bits per heavy atom. The normalized spacial score (nSPS) is 14.6. The number of amides is 1. The first-order valence-electron chi connectivity index (χ1n) is 12.6. The van der Waals surface area contributed by atoms with E-state index < -0.39 is 0 Å². The fraction of sp³-hybridized carbons (Fsp3) is 0.379. The lowest BCUT2D eigenvalue weighted by Crippen LogP contribution is -2.27. The highest BCUT2D eigenvalue weighted by atomic mass is 16.2. The van der Waals surface area contributed by atoms with Gasteiger partial charge in [-0.15, -0.1) is 0 Å². The zero-order chi connectivity index (χ0) is 25.9. The van der Waals surface area contributed by atoms with Crippen molar-refractivity contribution in [3.8, 4) is 11.4 Å². The molecule has 0 bridgehead atoms. The van der Waals surface area contributed by atoms with Crippen LogP contribution >= 0.6 is 0 Å². The molecule has 2 aromatic rings. The summed E-state index contributed by atoms with van der Waals surface area (Å²) >= 11 is 0. The van der Waals surface area contributed by atoms with Gasteiger partial charge in [0.2, 0.25) is 5.91 Å². The Kier molecular flexibility index (Phi) is 9.98. The van der Waals surface area contributed by atoms with Crippen molar-refractivity contribution >= 4 is 29.1 Å². The number of likely N-dealkylation sites (tertiary alicyclic amines) is 1. The number of hydrogen-bond acceptors (Lipinski definition) is 6. The number of anilines is 1. The van der Waals surface area contributed by atoms with Crippen LogP contribution in [0.15, 0.2) is 60.4 Å². The maximum Gasteiger partial charge on any atom is 0.222 e. The Balaban J connectivity index is 1.91. The molecule has 0 spiro atoms. The molecular weight excluding hydrogens is 448 g/mol. The van der Waals surface area contributed by atoms with Gasteiger partial charge in [-0.2, -0.15) is 0 Å². The summed E-state index contributed by atoms with van der Waals surface area (Å²) in [5.74, 6) is 1.68. The van der Waals surface area contributed by atoms with E-state index >= 15 is 0 Å². The van der Waals surface area contributed by atoms with Crippen LogP contribution in [-0.2, 0) is 4.79 Å². The van der Waals surface area contributed by atoms with Gasteiger partial charge in [-0.3, -0.25) is 9.79 Å². The second-order valence-corrected chi connectivity index (χ2v) is 9.01. The molecule has 1 saturated heterocycles. The van der Waals surface area contributed by atoms with Crippen molar-refractivity contribution < 1.29 is 4.79 Å². The first-order chi connectivity index (χ1) is 17.5. The number of benzene rings is 1. The third kappa shape index (κ3) is 7.13. The van der Waals surface area contributed by atoms with Crippen LogP contribution in [0.5, 0.6) is 0 Å². The van der Waals surface area contributed by atoms with Crippen molar-refractivity contribution in [1.82, 2.24) is 19.8 Å². The molecule has 1 amide bonds. The Morgan fingerprint density at radius 1 is 1.31 bits per heavy atom. The fourth-order valence-corrected chi connectivity index (χ4v) is 4.24. The van der Waals surface area contributed by atoms with Gasteiger partial charge in [0.25, 0.3) is 0 Å². The number of rotatable bonds is 12. The van der Waals surface area contributed by atoms with Gasteiger partial charge in [0.1, 0.15) is 5.82 Å². The van der Waals surface area contributed by atoms with Gasteiger partial charge in [-0.05, 0) is 36.5 Å². The summed E-state index contributed by atoms with van der Waals surface area (Å²) in [7, 11) is 5.75. The Morgan fingerprint density at radius 2 is 2.14 bits per heavy atom. The molecule has 1 aromatic carbocycles. The van der Waals surface area contributed by atoms with Gasteiger partial charge in [-0.25, -0.2) is 9.97 Å². The summed E-state index contributed by atoms with van der Waals surface area (Å²) in [4.78, 5) is 29.8. The summed E-state index contributed by atoms with van der Waals surface area (Å²) in [6.45, 7) is 8.41. The third-order valence-electron chi connectivity index (χ3n) is 5.93. The predicted octanol–water partition coefficient (Wildman–Crippen LogP) is 5.15. The molecule has 1 aromatic heterocycles. The minimum Gasteiger partial charge on any atom is -0.383 e. The molecule has 7 nitrogen and oxygen atoms in total. The number of aliphatic imine (C=N–C) groups is 1. The van der Waals surface area contributed by atoms with E-state index in [1.165, 1.54) is 0 Å². The first kappa shape index (κ1) is 26.9. The lowest BCUT2D eigenvalue weighted by Gasteiger charge is -2.17. The highest BCUT2D eigenvalue weighted by Crippen LogP contribution is 2.27. The maximum atomic E-state index is 11.9. The van der Waals surface area contributed by atoms with Crippen molar-refractivity contribution in [2.45, 2.75) is 32.6 Å². The number of nitrogens with zero attached hydrogens (tertiary/aromatic N) is 5. The molecule has 0 saturated carbocycles. The third-order valence-corrected chi connectivity index (χ3v) is 5.93. The molecule has 0 atom stereocenters. The molecule has 0 unspecified atom stereocenters. The van der Waals surface area contributed by atoms with Gasteiger partial charge in [0.05, 0.1) is 0 Å². The lowest BCUT2D eigenvalue weighted by molar-refractivity contribution is -0.127. The monoisotopic (exact) mass is 486 g/mol. The number of carbonyl (C=O) groups is 1. The summed E-state index contributed by atoms with van der Waals surface area (Å²) < 4.78 is 0. The minimum absolute atomic E-state index is 0.259. The van der Waals surface area contributed by atoms with Crippen molar-refractivity contribution in [1.29, 1.82) is 0 Å². The van der Waals surface area contributed by atoms with E-state index in [2.05, 4.69) is 42.0 Å². The van der Waals surface area contributed by atoms with Crippen molar-refractivity contribution in [3.05, 3.63) is 66.5 Å². The van der Waals surface area contributed by atoms with Gasteiger partial charge in [-0.1, -0.05) is 43.9 Å². The van der Waals surface area contributed by atoms with E-state index in [-0.39, 0.29) is 5.91 Å². The Hall–Kier alpha value is -3.74. The van der Waals surface area contributed by atoms with E-state index in [0.29, 0.717) is 18.8 Å². The first-order valence-corrected chi connectivity index (χ1v) is 12.6. The predicted molar refractivity (Wildman–Crippen MR) is 151 cm³/mol. The van der Waals surface area contributed by atoms with Gasteiger partial charge in [0, 0.05) is 82.5 Å². The van der Waals surface area contributed by atoms with Crippen LogP contribution in [-0.4, -0.2) is 72.7 Å². The number of allylic oxidation sites excluding steroid dienone is 4. The average Bonchev–Trinajstić information content (AvgIpc) is 3.29. The standard InChI is InChI=1S/C29H38N6O/c1-6-11-25(19-30-3)26-20-32-28(24-13-8-12-23(18-24)22(7-2)21-34(4)5)33-29(26)31-15-10-17-35-16-9-14-27(35)36/h7-8,11-13,18-21H,2,6,9-10,14-17H2,1,3-5H3,(H,31,32,33)/b22-21+,25-11+,30-19?. The number of nitrogens with one attached hydrogen (secondary N) is 1. The molecule has 1 fully saturated rings. The van der Waals surface area contributed by atoms with Crippen molar-refractivity contribution in [2.75, 3.05) is 46.1 Å². The quantitative estimate of drug-likeness (QED) is 0.255. The molecular formula is C29H38N6O. The van der Waals surface area contributed by atoms with E-state index in [0.717, 1.165) is 66.0 Å². The lowest BCUT2D eigenvalue weighted by atomic mass is 10.0. The summed E-state index contributed by atoms with van der Waals surface area (Å²) in [6.07, 6.45) is 13.1. The molecule has 7 heteroatoms. The Labute approximate surface area is 215 Å². The van der Waals surface area contributed by atoms with E-state index in [1.807, 2.05) is 60.7 Å². The van der Waals surface area contributed by atoms with Crippen LogP contribution in [0, 0.1) is 0 Å². The SMILES string of the molecule is C=C/C(=C\N(C)C)c1cccc(-c2ncc(/C(C=NC)=C/CC)c(NCCCN3CCCC3=O)n2)c1. The van der Waals surface area contributed by atoms with Crippen LogP contribution in [0.1, 0.15) is 43.7 Å². The number of carbonyl (C=O) groups excluding carboxylic acids is 1. The van der Waals surface area contributed by atoms with Crippen LogP contribution in [0.2, 0.25) is 0 Å². The molecule has 36 heavy (non-hydrogen) atoms.